The predicted molar refractivity (Wildman–Crippen MR) is 134 cm³/mol. The molecular weight excluding hydrogens is 448 g/mol. The van der Waals surface area contributed by atoms with Crippen molar-refractivity contribution in [2.24, 2.45) is 0 Å². The molecule has 0 spiro atoms. The summed E-state index contributed by atoms with van der Waals surface area (Å²) in [5.74, 6) is 2.23. The van der Waals surface area contributed by atoms with Gasteiger partial charge in [0.05, 0.1) is 12.9 Å². The third-order valence-electron chi connectivity index (χ3n) is 5.15. The maximum Gasteiger partial charge on any atom is 0.234 e. The Hall–Kier alpha value is -3.78. The number of aromatic nitrogens is 3. The third kappa shape index (κ3) is 5.77. The fourth-order valence-corrected chi connectivity index (χ4v) is 4.18. The fourth-order valence-electron chi connectivity index (χ4n) is 3.41. The summed E-state index contributed by atoms with van der Waals surface area (Å²) in [5, 5.41) is 12.3. The van der Waals surface area contributed by atoms with Crippen molar-refractivity contribution in [2.45, 2.75) is 25.1 Å². The number of carbonyl (C=O) groups excluding carboxylic acids is 1. The summed E-state index contributed by atoms with van der Waals surface area (Å²) < 4.78 is 13.1. The Morgan fingerprint density at radius 3 is 2.41 bits per heavy atom. The SMILES string of the molecule is CCc1ccccc1NC(=O)CSc1nnc(COc2ccccc2)n1-c1ccc(OC)cc1. The van der Waals surface area contributed by atoms with Gasteiger partial charge in [0, 0.05) is 11.4 Å². The number of hydrogen-bond donors (Lipinski definition) is 1. The van der Waals surface area contributed by atoms with Gasteiger partial charge in [-0.25, -0.2) is 0 Å². The first-order chi connectivity index (χ1) is 16.7. The van der Waals surface area contributed by atoms with Gasteiger partial charge in [-0.3, -0.25) is 9.36 Å². The normalized spacial score (nSPS) is 10.6. The maximum atomic E-state index is 12.7. The van der Waals surface area contributed by atoms with Crippen LogP contribution in [0.3, 0.4) is 0 Å². The van der Waals surface area contributed by atoms with E-state index in [0.29, 0.717) is 11.0 Å². The van der Waals surface area contributed by atoms with E-state index >= 15 is 0 Å². The molecule has 0 atom stereocenters. The Morgan fingerprint density at radius 2 is 1.68 bits per heavy atom. The second kappa shape index (κ2) is 11.4. The number of aryl methyl sites for hydroxylation is 1. The van der Waals surface area contributed by atoms with Crippen molar-refractivity contribution >= 4 is 23.4 Å². The van der Waals surface area contributed by atoms with Crippen molar-refractivity contribution in [3.63, 3.8) is 0 Å². The summed E-state index contributed by atoms with van der Waals surface area (Å²) in [4.78, 5) is 12.7. The number of carbonyl (C=O) groups is 1. The highest BCUT2D eigenvalue weighted by molar-refractivity contribution is 7.99. The molecule has 0 aliphatic rings. The smallest absolute Gasteiger partial charge is 0.234 e. The lowest BCUT2D eigenvalue weighted by atomic mass is 10.1. The molecule has 0 aliphatic heterocycles. The fraction of sp³-hybridized carbons (Fsp3) is 0.192. The number of benzene rings is 3. The first-order valence-electron chi connectivity index (χ1n) is 10.9. The molecule has 7 nitrogen and oxygen atoms in total. The lowest BCUT2D eigenvalue weighted by molar-refractivity contribution is -0.113. The van der Waals surface area contributed by atoms with Crippen molar-refractivity contribution in [3.8, 4) is 17.2 Å². The van der Waals surface area contributed by atoms with Crippen LogP contribution in [-0.4, -0.2) is 33.5 Å². The monoisotopic (exact) mass is 474 g/mol. The van der Waals surface area contributed by atoms with E-state index in [9.17, 15) is 4.79 Å². The van der Waals surface area contributed by atoms with Crippen LogP contribution in [0.5, 0.6) is 11.5 Å². The third-order valence-corrected chi connectivity index (χ3v) is 6.08. The van der Waals surface area contributed by atoms with Crippen molar-refractivity contribution in [1.29, 1.82) is 0 Å². The molecule has 3 aromatic carbocycles. The van der Waals surface area contributed by atoms with Crippen LogP contribution in [0.4, 0.5) is 5.69 Å². The molecule has 0 unspecified atom stereocenters. The number of rotatable bonds is 10. The highest BCUT2D eigenvalue weighted by Crippen LogP contribution is 2.25. The lowest BCUT2D eigenvalue weighted by Gasteiger charge is -2.12. The number of nitrogens with zero attached hydrogens (tertiary/aromatic N) is 3. The molecule has 174 valence electrons. The van der Waals surface area contributed by atoms with Gasteiger partial charge in [-0.05, 0) is 54.4 Å². The van der Waals surface area contributed by atoms with Gasteiger partial charge < -0.3 is 14.8 Å². The minimum atomic E-state index is -0.0998. The zero-order chi connectivity index (χ0) is 23.8. The molecule has 1 amide bonds. The second-order valence-electron chi connectivity index (χ2n) is 7.38. The Kier molecular flexibility index (Phi) is 7.83. The quantitative estimate of drug-likeness (QED) is 0.320. The maximum absolute atomic E-state index is 12.7. The van der Waals surface area contributed by atoms with Gasteiger partial charge in [0.15, 0.2) is 11.0 Å². The standard InChI is InChI=1S/C26H26N4O3S/c1-3-19-9-7-8-12-23(19)27-25(31)18-34-26-29-28-24(17-33-22-10-5-4-6-11-22)30(26)20-13-15-21(32-2)16-14-20/h4-16H,3,17-18H2,1-2H3,(H,27,31). The van der Waals surface area contributed by atoms with E-state index in [4.69, 9.17) is 9.47 Å². The van der Waals surface area contributed by atoms with E-state index in [2.05, 4.69) is 22.4 Å². The van der Waals surface area contributed by atoms with Crippen LogP contribution in [0.25, 0.3) is 5.69 Å². The molecule has 0 radical (unpaired) electrons. The van der Waals surface area contributed by atoms with Crippen LogP contribution in [0.15, 0.2) is 84.0 Å². The number of ether oxygens (including phenoxy) is 2. The van der Waals surface area contributed by atoms with Crippen LogP contribution in [0.2, 0.25) is 0 Å². The van der Waals surface area contributed by atoms with Gasteiger partial charge in [0.25, 0.3) is 0 Å². The number of thioether (sulfide) groups is 1. The summed E-state index contributed by atoms with van der Waals surface area (Å²) >= 11 is 1.33. The van der Waals surface area contributed by atoms with E-state index in [1.165, 1.54) is 11.8 Å². The van der Waals surface area contributed by atoms with E-state index in [1.807, 2.05) is 83.4 Å². The number of amides is 1. The van der Waals surface area contributed by atoms with Gasteiger partial charge in [-0.1, -0.05) is 55.1 Å². The Balaban J connectivity index is 1.52. The zero-order valence-corrected chi connectivity index (χ0v) is 19.9. The second-order valence-corrected chi connectivity index (χ2v) is 8.32. The average molecular weight is 475 g/mol. The summed E-state index contributed by atoms with van der Waals surface area (Å²) in [6.45, 7) is 2.30. The number of hydrogen-bond acceptors (Lipinski definition) is 6. The van der Waals surface area contributed by atoms with Gasteiger partial charge in [-0.2, -0.15) is 0 Å². The van der Waals surface area contributed by atoms with Crippen LogP contribution >= 0.6 is 11.8 Å². The Labute approximate surface area is 203 Å². The van der Waals surface area contributed by atoms with Crippen LogP contribution in [0.1, 0.15) is 18.3 Å². The molecule has 1 heterocycles. The molecule has 34 heavy (non-hydrogen) atoms. The van der Waals surface area contributed by atoms with Crippen molar-refractivity contribution in [2.75, 3.05) is 18.2 Å². The lowest BCUT2D eigenvalue weighted by Crippen LogP contribution is -2.16. The minimum absolute atomic E-state index is 0.0998. The average Bonchev–Trinajstić information content (AvgIpc) is 3.30. The molecule has 0 bridgehead atoms. The predicted octanol–water partition coefficient (Wildman–Crippen LogP) is 5.15. The molecule has 8 heteroatoms. The number of para-hydroxylation sites is 2. The molecule has 0 saturated carbocycles. The van der Waals surface area contributed by atoms with Crippen molar-refractivity contribution in [1.82, 2.24) is 14.8 Å². The van der Waals surface area contributed by atoms with Gasteiger partial charge >= 0.3 is 0 Å². The number of methoxy groups -OCH3 is 1. The summed E-state index contributed by atoms with van der Waals surface area (Å²) in [6.07, 6.45) is 0.847. The van der Waals surface area contributed by atoms with E-state index in [0.717, 1.165) is 34.9 Å². The van der Waals surface area contributed by atoms with Crippen molar-refractivity contribution < 1.29 is 14.3 Å². The number of nitrogens with one attached hydrogen (secondary N) is 1. The van der Waals surface area contributed by atoms with Gasteiger partial charge in [0.2, 0.25) is 5.91 Å². The van der Waals surface area contributed by atoms with Gasteiger partial charge in [0.1, 0.15) is 18.1 Å². The number of anilines is 1. The van der Waals surface area contributed by atoms with E-state index in [-0.39, 0.29) is 18.3 Å². The summed E-state index contributed by atoms with van der Waals surface area (Å²) in [7, 11) is 1.63. The zero-order valence-electron chi connectivity index (χ0n) is 19.1. The molecular formula is C26H26N4O3S. The molecule has 0 aliphatic carbocycles. The molecule has 4 rings (SSSR count). The van der Waals surface area contributed by atoms with Crippen LogP contribution in [0, 0.1) is 0 Å². The summed E-state index contributed by atoms with van der Waals surface area (Å²) in [6, 6.07) is 25.0. The largest absolute Gasteiger partial charge is 0.497 e. The highest BCUT2D eigenvalue weighted by atomic mass is 32.2. The first kappa shape index (κ1) is 23.4. The molecule has 0 fully saturated rings. The topological polar surface area (TPSA) is 78.3 Å². The van der Waals surface area contributed by atoms with Crippen LogP contribution < -0.4 is 14.8 Å². The molecule has 1 aromatic heterocycles. The summed E-state index contributed by atoms with van der Waals surface area (Å²) in [5.41, 5.74) is 2.79. The van der Waals surface area contributed by atoms with E-state index in [1.54, 1.807) is 7.11 Å². The van der Waals surface area contributed by atoms with E-state index < -0.39 is 0 Å². The Bertz CT molecular complexity index is 1230. The molecule has 1 N–H and O–H groups in total. The highest BCUT2D eigenvalue weighted by Gasteiger charge is 2.17. The molecule has 0 saturated heterocycles. The van der Waals surface area contributed by atoms with Crippen molar-refractivity contribution in [3.05, 3.63) is 90.3 Å². The minimum Gasteiger partial charge on any atom is -0.497 e. The first-order valence-corrected chi connectivity index (χ1v) is 11.9. The molecule has 4 aromatic rings. The van der Waals surface area contributed by atoms with Crippen LogP contribution in [-0.2, 0) is 17.8 Å². The Morgan fingerprint density at radius 1 is 0.941 bits per heavy atom. The van der Waals surface area contributed by atoms with Gasteiger partial charge in [-0.15, -0.1) is 10.2 Å².